The van der Waals surface area contributed by atoms with Gasteiger partial charge in [0.05, 0.1) is 34.2 Å². The maximum Gasteiger partial charge on any atom is 0.0849 e. The number of benzene rings is 2. The Balaban J connectivity index is 1.93. The van der Waals surface area contributed by atoms with Gasteiger partial charge in [0.25, 0.3) is 0 Å². The van der Waals surface area contributed by atoms with Crippen LogP contribution in [0.4, 0.5) is 11.4 Å². The van der Waals surface area contributed by atoms with E-state index in [9.17, 15) is 0 Å². The van der Waals surface area contributed by atoms with Crippen LogP contribution in [0.3, 0.4) is 0 Å². The smallest absolute Gasteiger partial charge is 0.0849 e. The molecule has 0 radical (unpaired) electrons. The van der Waals surface area contributed by atoms with E-state index in [0.717, 1.165) is 52.1 Å². The molecule has 7 heteroatoms. The first-order valence-corrected chi connectivity index (χ1v) is 11.5. The van der Waals surface area contributed by atoms with Gasteiger partial charge >= 0.3 is 0 Å². The van der Waals surface area contributed by atoms with Crippen LogP contribution in [0, 0.1) is 0 Å². The molecule has 0 aliphatic rings. The fraction of sp³-hybridized carbons (Fsp3) is 0.0952. The summed E-state index contributed by atoms with van der Waals surface area (Å²) in [6.07, 6.45) is 0. The van der Waals surface area contributed by atoms with Crippen LogP contribution in [0.25, 0.3) is 0 Å². The van der Waals surface area contributed by atoms with E-state index in [2.05, 4.69) is 63.7 Å². The molecular weight excluding hydrogens is 614 g/mol. The fourth-order valence-corrected chi connectivity index (χ4v) is 4.73. The first-order chi connectivity index (χ1) is 13.3. The second-order valence-electron chi connectivity index (χ2n) is 5.99. The van der Waals surface area contributed by atoms with Gasteiger partial charge in [-0.1, -0.05) is 37.9 Å². The molecule has 0 bridgehead atoms. The van der Waals surface area contributed by atoms with Crippen LogP contribution in [-0.2, 0) is 0 Å². The van der Waals surface area contributed by atoms with Crippen molar-refractivity contribution < 1.29 is 0 Å². The van der Waals surface area contributed by atoms with Crippen LogP contribution in [-0.4, -0.2) is 16.4 Å². The molecule has 0 saturated heterocycles. The largest absolute Gasteiger partial charge is 0.250 e. The van der Waals surface area contributed by atoms with Gasteiger partial charge in [0.15, 0.2) is 0 Å². The monoisotopic (exact) mass is 625 g/mol. The molecule has 3 rings (SSSR count). The maximum absolute atomic E-state index is 4.75. The van der Waals surface area contributed by atoms with Crippen LogP contribution >= 0.6 is 63.7 Å². The average Bonchev–Trinajstić information content (AvgIpc) is 2.66. The molecule has 1 aromatic heterocycles. The third kappa shape index (κ3) is 5.47. The van der Waals surface area contributed by atoms with Gasteiger partial charge in [0, 0.05) is 17.9 Å². The number of aromatic nitrogens is 1. The van der Waals surface area contributed by atoms with E-state index in [0.29, 0.717) is 0 Å². The van der Waals surface area contributed by atoms with Crippen LogP contribution < -0.4 is 0 Å². The highest BCUT2D eigenvalue weighted by Crippen LogP contribution is 2.30. The molecule has 0 spiro atoms. The number of hydrogen-bond donors (Lipinski definition) is 0. The highest BCUT2D eigenvalue weighted by molar-refractivity contribution is 9.11. The lowest BCUT2D eigenvalue weighted by Gasteiger charge is -2.07. The molecule has 2 aromatic carbocycles. The van der Waals surface area contributed by atoms with Crippen molar-refractivity contribution >= 4 is 86.5 Å². The lowest BCUT2D eigenvalue weighted by molar-refractivity contribution is 1.24. The lowest BCUT2D eigenvalue weighted by atomic mass is 10.2. The molecule has 0 atom stereocenters. The van der Waals surface area contributed by atoms with Crippen molar-refractivity contribution in [2.75, 3.05) is 0 Å². The van der Waals surface area contributed by atoms with E-state index in [-0.39, 0.29) is 0 Å². The number of aliphatic imine (C=N–C) groups is 2. The van der Waals surface area contributed by atoms with Crippen molar-refractivity contribution in [1.82, 2.24) is 4.98 Å². The Kier molecular flexibility index (Phi) is 7.36. The molecule has 0 N–H and O–H groups in total. The Hall–Kier alpha value is -1.15. The summed E-state index contributed by atoms with van der Waals surface area (Å²) in [6, 6.07) is 17.7. The Bertz CT molecular complexity index is 1010. The molecule has 0 amide bonds. The zero-order chi connectivity index (χ0) is 20.3. The molecule has 0 fully saturated rings. The summed E-state index contributed by atoms with van der Waals surface area (Å²) in [4.78, 5) is 14.2. The van der Waals surface area contributed by atoms with Crippen molar-refractivity contribution in [3.8, 4) is 0 Å². The van der Waals surface area contributed by atoms with Crippen molar-refractivity contribution in [2.24, 2.45) is 9.98 Å². The van der Waals surface area contributed by atoms with Crippen LogP contribution in [0.5, 0.6) is 0 Å². The third-order valence-electron chi connectivity index (χ3n) is 3.89. The van der Waals surface area contributed by atoms with Gasteiger partial charge in [-0.2, -0.15) is 0 Å². The quantitative estimate of drug-likeness (QED) is 0.267. The van der Waals surface area contributed by atoms with Gasteiger partial charge in [-0.15, -0.1) is 0 Å². The second kappa shape index (κ2) is 9.57. The molecule has 0 aliphatic heterocycles. The minimum absolute atomic E-state index is 0.816. The van der Waals surface area contributed by atoms with Crippen LogP contribution in [0.15, 0.2) is 82.5 Å². The van der Waals surface area contributed by atoms with E-state index < -0.39 is 0 Å². The summed E-state index contributed by atoms with van der Waals surface area (Å²) in [6.45, 7) is 3.91. The summed E-state index contributed by atoms with van der Waals surface area (Å²) >= 11 is 14.0. The number of rotatable bonds is 4. The minimum Gasteiger partial charge on any atom is -0.250 e. The van der Waals surface area contributed by atoms with Gasteiger partial charge in [-0.3, -0.25) is 9.98 Å². The predicted octanol–water partition coefficient (Wildman–Crippen LogP) is 8.41. The van der Waals surface area contributed by atoms with Crippen LogP contribution in [0.2, 0.25) is 0 Å². The van der Waals surface area contributed by atoms with Crippen molar-refractivity contribution in [1.29, 1.82) is 0 Å². The number of nitrogens with zero attached hydrogens (tertiary/aromatic N) is 3. The average molecular weight is 629 g/mol. The topological polar surface area (TPSA) is 37.6 Å². The first kappa shape index (κ1) is 21.6. The van der Waals surface area contributed by atoms with Crippen molar-refractivity contribution in [3.63, 3.8) is 0 Å². The van der Waals surface area contributed by atoms with Gasteiger partial charge in [0.1, 0.15) is 0 Å². The predicted molar refractivity (Wildman–Crippen MR) is 132 cm³/mol. The maximum atomic E-state index is 4.75. The van der Waals surface area contributed by atoms with E-state index in [1.54, 1.807) is 0 Å². The second-order valence-corrected chi connectivity index (χ2v) is 9.53. The molecule has 3 aromatic rings. The Labute approximate surface area is 197 Å². The molecule has 0 saturated carbocycles. The normalized spacial score (nSPS) is 12.4. The molecule has 28 heavy (non-hydrogen) atoms. The molecule has 0 unspecified atom stereocenters. The highest BCUT2D eigenvalue weighted by Gasteiger charge is 2.07. The molecular formula is C21H15Br4N3. The van der Waals surface area contributed by atoms with Gasteiger partial charge in [-0.05, 0) is 94.2 Å². The summed E-state index contributed by atoms with van der Waals surface area (Å²) in [7, 11) is 0. The van der Waals surface area contributed by atoms with Crippen LogP contribution in [0.1, 0.15) is 25.2 Å². The molecule has 0 aliphatic carbocycles. The van der Waals surface area contributed by atoms with Gasteiger partial charge in [0.2, 0.25) is 0 Å². The van der Waals surface area contributed by atoms with Gasteiger partial charge in [-0.25, -0.2) is 4.98 Å². The summed E-state index contributed by atoms with van der Waals surface area (Å²) in [5, 5.41) is 0. The Morgan fingerprint density at radius 1 is 0.679 bits per heavy atom. The molecule has 142 valence electrons. The Morgan fingerprint density at radius 2 is 1.11 bits per heavy atom. The zero-order valence-electron chi connectivity index (χ0n) is 15.0. The molecule has 3 nitrogen and oxygen atoms in total. The van der Waals surface area contributed by atoms with Crippen molar-refractivity contribution in [3.05, 3.63) is 83.9 Å². The SMILES string of the molecule is CC(=Nc1ccc(Br)cc1Br)c1cccc(C(C)=Nc2ccc(Br)cc2Br)n1. The van der Waals surface area contributed by atoms with E-state index in [4.69, 9.17) is 15.0 Å². The van der Waals surface area contributed by atoms with E-state index >= 15 is 0 Å². The Morgan fingerprint density at radius 3 is 1.50 bits per heavy atom. The standard InChI is InChI=1S/C21H15Br4N3/c1-12(26-20-8-6-14(22)10-16(20)24)18-4-3-5-19(28-18)13(2)27-21-9-7-15(23)11-17(21)25/h3-11H,1-2H3. The lowest BCUT2D eigenvalue weighted by Crippen LogP contribution is -2.05. The third-order valence-corrected chi connectivity index (χ3v) is 6.14. The minimum atomic E-state index is 0.816. The fourth-order valence-electron chi connectivity index (χ4n) is 2.46. The highest BCUT2D eigenvalue weighted by atomic mass is 79.9. The number of halogens is 4. The van der Waals surface area contributed by atoms with E-state index in [1.807, 2.05) is 68.4 Å². The first-order valence-electron chi connectivity index (χ1n) is 8.32. The number of hydrogen-bond acceptors (Lipinski definition) is 3. The summed E-state index contributed by atoms with van der Waals surface area (Å²) < 4.78 is 3.86. The number of pyridine rings is 1. The summed E-state index contributed by atoms with van der Waals surface area (Å²) in [5.74, 6) is 0. The van der Waals surface area contributed by atoms with Crippen molar-refractivity contribution in [2.45, 2.75) is 13.8 Å². The van der Waals surface area contributed by atoms with E-state index in [1.165, 1.54) is 0 Å². The summed E-state index contributed by atoms with van der Waals surface area (Å²) in [5.41, 5.74) is 5.02. The molecule has 1 heterocycles. The zero-order valence-corrected chi connectivity index (χ0v) is 21.4. The van der Waals surface area contributed by atoms with Gasteiger partial charge < -0.3 is 0 Å².